The minimum absolute atomic E-state index is 0. The minimum atomic E-state index is -0.695. The highest BCUT2D eigenvalue weighted by Crippen LogP contribution is 2.21. The van der Waals surface area contributed by atoms with Crippen molar-refractivity contribution in [1.82, 2.24) is 0 Å². The van der Waals surface area contributed by atoms with Crippen LogP contribution in [-0.2, 0) is 10.5 Å². The van der Waals surface area contributed by atoms with Crippen LogP contribution in [0.2, 0.25) is 0 Å². The van der Waals surface area contributed by atoms with Crippen LogP contribution in [0.25, 0.3) is 0 Å². The van der Waals surface area contributed by atoms with Crippen molar-refractivity contribution in [2.24, 2.45) is 0 Å². The number of thioether (sulfide) groups is 1. The van der Waals surface area contributed by atoms with Gasteiger partial charge in [0.1, 0.15) is 5.25 Å². The molecule has 1 N–H and O–H groups in total. The molecule has 4 heteroatoms. The van der Waals surface area contributed by atoms with Crippen molar-refractivity contribution in [2.75, 3.05) is 0 Å². The molecule has 0 aliphatic carbocycles. The molecule has 1 atom stereocenters. The zero-order valence-corrected chi connectivity index (χ0v) is 13.2. The lowest BCUT2D eigenvalue weighted by atomic mass is 10.2. The summed E-state index contributed by atoms with van der Waals surface area (Å²) in [5.74, 6) is 0.0796. The van der Waals surface area contributed by atoms with Crippen LogP contribution < -0.4 is 0 Å². The Morgan fingerprint density at radius 1 is 1.25 bits per heavy atom. The van der Waals surface area contributed by atoms with Gasteiger partial charge < -0.3 is 5.11 Å². The fourth-order valence-electron chi connectivity index (χ4n) is 1.42. The molecule has 1 rings (SSSR count). The normalized spacial score (nSPS) is 10.2. The highest BCUT2D eigenvalue weighted by molar-refractivity contribution is 7.99. The van der Waals surface area contributed by atoms with E-state index in [1.165, 1.54) is 22.9 Å². The van der Waals surface area contributed by atoms with E-state index in [2.05, 4.69) is 24.3 Å². The van der Waals surface area contributed by atoms with Gasteiger partial charge in [-0.05, 0) is 18.9 Å². The molecular weight excluding hydrogens is 267 g/mol. The third-order valence-corrected chi connectivity index (χ3v) is 3.74. The van der Waals surface area contributed by atoms with Gasteiger partial charge in [0.15, 0.2) is 0 Å². The summed E-state index contributed by atoms with van der Waals surface area (Å²) in [7, 11) is 0. The van der Waals surface area contributed by atoms with E-state index in [4.69, 9.17) is 5.11 Å². The van der Waals surface area contributed by atoms with E-state index in [0.29, 0.717) is 0 Å². The second kappa shape index (κ2) is 14.5. The first-order valence-corrected chi connectivity index (χ1v) is 7.58. The van der Waals surface area contributed by atoms with E-state index < -0.39 is 5.97 Å². The molecule has 20 heavy (non-hydrogen) atoms. The third-order valence-electron chi connectivity index (χ3n) is 2.40. The van der Waals surface area contributed by atoms with Gasteiger partial charge in [0, 0.05) is 14.2 Å². The third kappa shape index (κ3) is 9.96. The molecule has 0 aromatic heterocycles. The Morgan fingerprint density at radius 2 is 1.75 bits per heavy atom. The van der Waals surface area contributed by atoms with E-state index in [1.54, 1.807) is 0 Å². The van der Waals surface area contributed by atoms with E-state index in [0.717, 1.165) is 18.6 Å². The van der Waals surface area contributed by atoms with E-state index in [1.807, 2.05) is 27.7 Å². The molecule has 0 saturated carbocycles. The van der Waals surface area contributed by atoms with Crippen LogP contribution in [0.4, 0.5) is 0 Å². The first kappa shape index (κ1) is 24.1. The summed E-state index contributed by atoms with van der Waals surface area (Å²) in [6, 6.07) is 8.25. The number of carboxylic acids is 1. The summed E-state index contributed by atoms with van der Waals surface area (Å²) in [6.45, 7) is 8.07. The van der Waals surface area contributed by atoms with Gasteiger partial charge in [-0.2, -0.15) is 0 Å². The molecule has 0 saturated heterocycles. The fourth-order valence-corrected chi connectivity index (χ4v) is 2.55. The van der Waals surface area contributed by atoms with Crippen molar-refractivity contribution in [1.29, 1.82) is 0 Å². The van der Waals surface area contributed by atoms with Crippen molar-refractivity contribution < 1.29 is 9.90 Å². The number of carboxylic acid groups (broad SMARTS) is 1. The molecule has 1 unspecified atom stereocenters. The largest absolute Gasteiger partial charge is 0.480 e. The maximum atomic E-state index is 10.9. The van der Waals surface area contributed by atoms with Gasteiger partial charge in [0.2, 0.25) is 0 Å². The molecule has 1 aromatic rings. The molecule has 3 radical (unpaired) electrons. The summed E-state index contributed by atoms with van der Waals surface area (Å²) in [6.07, 6.45) is 1.66. The SMILES string of the molecule is C.CC.CCCC(SCc1ccc(C)cc1)C(=O)O.[B]. The average molecular weight is 295 g/mol. The summed E-state index contributed by atoms with van der Waals surface area (Å²) < 4.78 is 0. The maximum absolute atomic E-state index is 10.9. The lowest BCUT2D eigenvalue weighted by Crippen LogP contribution is -2.16. The van der Waals surface area contributed by atoms with Crippen molar-refractivity contribution in [3.05, 3.63) is 35.4 Å². The molecule has 0 heterocycles. The summed E-state index contributed by atoms with van der Waals surface area (Å²) in [5.41, 5.74) is 2.43. The topological polar surface area (TPSA) is 37.3 Å². The van der Waals surface area contributed by atoms with Crippen LogP contribution in [0.15, 0.2) is 24.3 Å². The van der Waals surface area contributed by atoms with Crippen LogP contribution in [0, 0.1) is 6.92 Å². The highest BCUT2D eigenvalue weighted by Gasteiger charge is 2.16. The molecule has 113 valence electrons. The van der Waals surface area contributed by atoms with Crippen LogP contribution in [0.3, 0.4) is 0 Å². The second-order valence-corrected chi connectivity index (χ2v) is 5.10. The number of hydrogen-bond donors (Lipinski definition) is 1. The van der Waals surface area contributed by atoms with Gasteiger partial charge in [0.25, 0.3) is 0 Å². The van der Waals surface area contributed by atoms with Gasteiger partial charge in [-0.25, -0.2) is 0 Å². The van der Waals surface area contributed by atoms with Gasteiger partial charge >= 0.3 is 5.97 Å². The lowest BCUT2D eigenvalue weighted by Gasteiger charge is -2.10. The molecule has 0 bridgehead atoms. The summed E-state index contributed by atoms with van der Waals surface area (Å²) in [4.78, 5) is 10.9. The number of carbonyl (C=O) groups is 1. The van der Waals surface area contributed by atoms with Gasteiger partial charge in [-0.3, -0.25) is 4.79 Å². The van der Waals surface area contributed by atoms with Gasteiger partial charge in [-0.15, -0.1) is 11.8 Å². The first-order valence-electron chi connectivity index (χ1n) is 6.53. The quantitative estimate of drug-likeness (QED) is 0.769. The van der Waals surface area contributed by atoms with Crippen LogP contribution >= 0.6 is 11.8 Å². The average Bonchev–Trinajstić information content (AvgIpc) is 2.38. The monoisotopic (exact) mass is 295 g/mol. The number of rotatable bonds is 6. The standard InChI is InChI=1S/C13H18O2S.C2H6.CH4.B/c1-3-4-12(13(14)15)16-9-11-7-5-10(2)6-8-11;1-2;;/h5-8,12H,3-4,9H2,1-2H3,(H,14,15);1-2H3;1H4;. The van der Waals surface area contributed by atoms with Crippen LogP contribution in [-0.4, -0.2) is 24.7 Å². The molecule has 0 aliphatic rings. The van der Waals surface area contributed by atoms with Crippen molar-refractivity contribution in [2.45, 2.75) is 59.0 Å². The summed E-state index contributed by atoms with van der Waals surface area (Å²) >= 11 is 1.51. The molecule has 0 fully saturated rings. The first-order chi connectivity index (χ1) is 8.63. The lowest BCUT2D eigenvalue weighted by molar-refractivity contribution is -0.136. The highest BCUT2D eigenvalue weighted by atomic mass is 32.2. The predicted molar refractivity (Wildman–Crippen MR) is 92.6 cm³/mol. The van der Waals surface area contributed by atoms with Crippen molar-refractivity contribution in [3.63, 3.8) is 0 Å². The number of aryl methyl sites for hydroxylation is 1. The Labute approximate surface area is 130 Å². The predicted octanol–water partition coefficient (Wildman–Crippen LogP) is 4.76. The van der Waals surface area contributed by atoms with E-state index in [-0.39, 0.29) is 21.1 Å². The number of hydrogen-bond acceptors (Lipinski definition) is 2. The Morgan fingerprint density at radius 3 is 2.15 bits per heavy atom. The Balaban J connectivity index is -0.000000689. The summed E-state index contributed by atoms with van der Waals surface area (Å²) in [5, 5.41) is 8.73. The van der Waals surface area contributed by atoms with Gasteiger partial charge in [-0.1, -0.05) is 64.4 Å². The fraction of sp³-hybridized carbons (Fsp3) is 0.562. The van der Waals surface area contributed by atoms with Gasteiger partial charge in [0.05, 0.1) is 0 Å². The van der Waals surface area contributed by atoms with Crippen LogP contribution in [0.1, 0.15) is 52.2 Å². The molecule has 2 nitrogen and oxygen atoms in total. The van der Waals surface area contributed by atoms with Crippen molar-refractivity contribution >= 4 is 26.1 Å². The second-order valence-electron chi connectivity index (χ2n) is 3.91. The smallest absolute Gasteiger partial charge is 0.316 e. The Bertz CT molecular complexity index is 339. The van der Waals surface area contributed by atoms with Crippen molar-refractivity contribution in [3.8, 4) is 0 Å². The Hall–Kier alpha value is -0.895. The molecule has 0 aliphatic heterocycles. The molecule has 0 spiro atoms. The molecular formula is C16H28BO2S. The zero-order chi connectivity index (χ0) is 14.0. The van der Waals surface area contributed by atoms with E-state index >= 15 is 0 Å². The van der Waals surface area contributed by atoms with Crippen LogP contribution in [0.5, 0.6) is 0 Å². The Kier molecular flexibility index (Phi) is 17.5. The number of benzene rings is 1. The minimum Gasteiger partial charge on any atom is -0.480 e. The number of aliphatic carboxylic acids is 1. The maximum Gasteiger partial charge on any atom is 0.316 e. The molecule has 1 aromatic carbocycles. The van der Waals surface area contributed by atoms with E-state index in [9.17, 15) is 4.79 Å². The zero-order valence-electron chi connectivity index (χ0n) is 12.3. The molecule has 0 amide bonds.